The van der Waals surface area contributed by atoms with E-state index < -0.39 is 0 Å². The Morgan fingerprint density at radius 2 is 2.27 bits per heavy atom. The minimum atomic E-state index is -0.213. The number of methoxy groups -OCH3 is 1. The van der Waals surface area contributed by atoms with Gasteiger partial charge in [-0.05, 0) is 43.0 Å². The van der Waals surface area contributed by atoms with E-state index in [0.29, 0.717) is 11.7 Å². The molecule has 1 atom stereocenters. The second kappa shape index (κ2) is 4.62. The van der Waals surface area contributed by atoms with E-state index in [0.717, 1.165) is 31.5 Å². The third-order valence-electron chi connectivity index (χ3n) is 2.90. The third kappa shape index (κ3) is 2.48. The van der Waals surface area contributed by atoms with Gasteiger partial charge in [0.2, 0.25) is 0 Å². The van der Waals surface area contributed by atoms with Gasteiger partial charge in [-0.3, -0.25) is 0 Å². The molecular formula is C12H16FNO. The van der Waals surface area contributed by atoms with Gasteiger partial charge in [-0.1, -0.05) is 0 Å². The first-order chi connectivity index (χ1) is 7.29. The van der Waals surface area contributed by atoms with Crippen molar-refractivity contribution < 1.29 is 9.13 Å². The van der Waals surface area contributed by atoms with Gasteiger partial charge in [0.15, 0.2) is 0 Å². The lowest BCUT2D eigenvalue weighted by Crippen LogP contribution is -2.28. The molecule has 1 aliphatic heterocycles. The zero-order chi connectivity index (χ0) is 10.7. The van der Waals surface area contributed by atoms with E-state index >= 15 is 0 Å². The summed E-state index contributed by atoms with van der Waals surface area (Å²) in [5.74, 6) is 0.814. The number of hydrogen-bond donors (Lipinski definition) is 1. The van der Waals surface area contributed by atoms with Crippen molar-refractivity contribution in [2.45, 2.75) is 18.8 Å². The number of benzene rings is 1. The molecule has 0 bridgehead atoms. The molecule has 0 spiro atoms. The lowest BCUT2D eigenvalue weighted by atomic mass is 9.91. The average Bonchev–Trinajstić information content (AvgIpc) is 2.29. The number of halogens is 1. The molecule has 1 aliphatic rings. The molecule has 82 valence electrons. The zero-order valence-corrected chi connectivity index (χ0v) is 8.92. The number of ether oxygens (including phenoxy) is 1. The largest absolute Gasteiger partial charge is 0.497 e. The summed E-state index contributed by atoms with van der Waals surface area (Å²) in [6.45, 7) is 2.01. The highest BCUT2D eigenvalue weighted by atomic mass is 19.1. The summed E-state index contributed by atoms with van der Waals surface area (Å²) in [5.41, 5.74) is 1.04. The SMILES string of the molecule is COc1cc(F)cc(C2CCCNC2)c1. The molecular weight excluding hydrogens is 193 g/mol. The molecule has 1 unspecified atom stereocenters. The van der Waals surface area contributed by atoms with Crippen LogP contribution >= 0.6 is 0 Å². The first kappa shape index (κ1) is 10.4. The van der Waals surface area contributed by atoms with Gasteiger partial charge in [-0.15, -0.1) is 0 Å². The molecule has 2 rings (SSSR count). The molecule has 1 aromatic rings. The summed E-state index contributed by atoms with van der Waals surface area (Å²) in [6.07, 6.45) is 2.28. The fourth-order valence-electron chi connectivity index (χ4n) is 2.07. The minimum Gasteiger partial charge on any atom is -0.497 e. The lowest BCUT2D eigenvalue weighted by Gasteiger charge is -2.23. The van der Waals surface area contributed by atoms with Gasteiger partial charge in [-0.25, -0.2) is 4.39 Å². The monoisotopic (exact) mass is 209 g/mol. The minimum absolute atomic E-state index is 0.213. The summed E-state index contributed by atoms with van der Waals surface area (Å²) in [4.78, 5) is 0. The van der Waals surface area contributed by atoms with E-state index in [4.69, 9.17) is 4.74 Å². The van der Waals surface area contributed by atoms with E-state index in [1.54, 1.807) is 13.2 Å². The molecule has 0 aromatic heterocycles. The van der Waals surface area contributed by atoms with Crippen molar-refractivity contribution in [3.63, 3.8) is 0 Å². The number of nitrogens with one attached hydrogen (secondary N) is 1. The van der Waals surface area contributed by atoms with Crippen molar-refractivity contribution in [3.8, 4) is 5.75 Å². The van der Waals surface area contributed by atoms with Crippen LogP contribution in [0.2, 0.25) is 0 Å². The highest BCUT2D eigenvalue weighted by Gasteiger charge is 2.16. The molecule has 3 heteroatoms. The Bertz CT molecular complexity index is 334. The Morgan fingerprint density at radius 3 is 2.93 bits per heavy atom. The molecule has 1 fully saturated rings. The summed E-state index contributed by atoms with van der Waals surface area (Å²) in [7, 11) is 1.57. The van der Waals surface area contributed by atoms with E-state index in [1.165, 1.54) is 6.07 Å². The molecule has 15 heavy (non-hydrogen) atoms. The Balaban J connectivity index is 2.22. The Kier molecular flexibility index (Phi) is 3.21. The molecule has 0 saturated carbocycles. The molecule has 1 saturated heterocycles. The highest BCUT2D eigenvalue weighted by Crippen LogP contribution is 2.27. The average molecular weight is 209 g/mol. The van der Waals surface area contributed by atoms with Crippen LogP contribution in [0.5, 0.6) is 5.75 Å². The van der Waals surface area contributed by atoms with Gasteiger partial charge in [0.25, 0.3) is 0 Å². The van der Waals surface area contributed by atoms with Crippen LogP contribution in [0.15, 0.2) is 18.2 Å². The van der Waals surface area contributed by atoms with Crippen molar-refractivity contribution in [3.05, 3.63) is 29.6 Å². The maximum Gasteiger partial charge on any atom is 0.127 e. The van der Waals surface area contributed by atoms with Crippen molar-refractivity contribution in [2.24, 2.45) is 0 Å². The van der Waals surface area contributed by atoms with Gasteiger partial charge in [0.05, 0.1) is 7.11 Å². The molecule has 0 amide bonds. The Hall–Kier alpha value is -1.09. The van der Waals surface area contributed by atoms with Crippen LogP contribution in [0, 0.1) is 5.82 Å². The van der Waals surface area contributed by atoms with Crippen LogP contribution in [-0.2, 0) is 0 Å². The van der Waals surface area contributed by atoms with Crippen LogP contribution in [0.25, 0.3) is 0 Å². The van der Waals surface area contributed by atoms with Crippen LogP contribution in [0.1, 0.15) is 24.3 Å². The van der Waals surface area contributed by atoms with Gasteiger partial charge in [0.1, 0.15) is 11.6 Å². The quantitative estimate of drug-likeness (QED) is 0.807. The molecule has 1 N–H and O–H groups in total. The molecule has 1 heterocycles. The van der Waals surface area contributed by atoms with Crippen LogP contribution in [0.3, 0.4) is 0 Å². The summed E-state index contributed by atoms with van der Waals surface area (Å²) < 4.78 is 18.3. The predicted molar refractivity (Wildman–Crippen MR) is 57.8 cm³/mol. The smallest absolute Gasteiger partial charge is 0.127 e. The van der Waals surface area contributed by atoms with Crippen molar-refractivity contribution in [1.29, 1.82) is 0 Å². The Morgan fingerprint density at radius 1 is 1.40 bits per heavy atom. The van der Waals surface area contributed by atoms with E-state index in [9.17, 15) is 4.39 Å². The number of hydrogen-bond acceptors (Lipinski definition) is 2. The van der Waals surface area contributed by atoms with E-state index in [-0.39, 0.29) is 5.82 Å². The molecule has 0 radical (unpaired) electrons. The maximum absolute atomic E-state index is 13.3. The maximum atomic E-state index is 13.3. The zero-order valence-electron chi connectivity index (χ0n) is 8.92. The van der Waals surface area contributed by atoms with Crippen LogP contribution in [0.4, 0.5) is 4.39 Å². The summed E-state index contributed by atoms with van der Waals surface area (Å²) in [5, 5.41) is 3.33. The first-order valence-electron chi connectivity index (χ1n) is 5.35. The normalized spacial score (nSPS) is 21.3. The van der Waals surface area contributed by atoms with Gasteiger partial charge < -0.3 is 10.1 Å². The predicted octanol–water partition coefficient (Wildman–Crippen LogP) is 2.30. The summed E-state index contributed by atoms with van der Waals surface area (Å²) >= 11 is 0. The van der Waals surface area contributed by atoms with Gasteiger partial charge >= 0.3 is 0 Å². The number of piperidine rings is 1. The second-order valence-corrected chi connectivity index (χ2v) is 3.97. The summed E-state index contributed by atoms with van der Waals surface area (Å²) in [6, 6.07) is 4.96. The van der Waals surface area contributed by atoms with Gasteiger partial charge in [0, 0.05) is 12.6 Å². The standard InChI is InChI=1S/C12H16FNO/c1-15-12-6-10(5-11(13)7-12)9-3-2-4-14-8-9/h5-7,9,14H,2-4,8H2,1H3. The molecule has 1 aromatic carbocycles. The Labute approximate surface area is 89.4 Å². The topological polar surface area (TPSA) is 21.3 Å². The fourth-order valence-corrected chi connectivity index (χ4v) is 2.07. The van der Waals surface area contributed by atoms with Crippen molar-refractivity contribution in [1.82, 2.24) is 5.32 Å². The molecule has 0 aliphatic carbocycles. The second-order valence-electron chi connectivity index (χ2n) is 3.97. The van der Waals surface area contributed by atoms with E-state index in [2.05, 4.69) is 5.32 Å². The van der Waals surface area contributed by atoms with E-state index in [1.807, 2.05) is 6.07 Å². The highest BCUT2D eigenvalue weighted by molar-refractivity contribution is 5.32. The van der Waals surface area contributed by atoms with Gasteiger partial charge in [-0.2, -0.15) is 0 Å². The van der Waals surface area contributed by atoms with Crippen molar-refractivity contribution >= 4 is 0 Å². The lowest BCUT2D eigenvalue weighted by molar-refractivity contribution is 0.407. The third-order valence-corrected chi connectivity index (χ3v) is 2.90. The molecule has 2 nitrogen and oxygen atoms in total. The fraction of sp³-hybridized carbons (Fsp3) is 0.500. The van der Waals surface area contributed by atoms with Crippen molar-refractivity contribution in [2.75, 3.05) is 20.2 Å². The number of rotatable bonds is 2. The van der Waals surface area contributed by atoms with Crippen LogP contribution in [-0.4, -0.2) is 20.2 Å². The van der Waals surface area contributed by atoms with Crippen LogP contribution < -0.4 is 10.1 Å². The first-order valence-corrected chi connectivity index (χ1v) is 5.35.